The first kappa shape index (κ1) is 17.3. The van der Waals surface area contributed by atoms with Gasteiger partial charge in [-0.3, -0.25) is 19.3 Å². The summed E-state index contributed by atoms with van der Waals surface area (Å²) < 4.78 is 0.817. The van der Waals surface area contributed by atoms with Gasteiger partial charge in [0.05, 0.1) is 12.1 Å². The molecule has 3 N–H and O–H groups in total. The van der Waals surface area contributed by atoms with Gasteiger partial charge in [-0.15, -0.1) is 0 Å². The first-order chi connectivity index (χ1) is 11.8. The number of ketones is 1. The zero-order valence-electron chi connectivity index (χ0n) is 13.1. The second-order valence-electron chi connectivity index (χ2n) is 5.84. The number of hydrogen-bond acceptors (Lipinski definition) is 4. The Labute approximate surface area is 152 Å². The Balaban J connectivity index is 1.96. The molecule has 2 aromatic carbocycles. The molecule has 6 nitrogen and oxygen atoms in total. The third kappa shape index (κ3) is 3.08. The lowest BCUT2D eigenvalue weighted by Gasteiger charge is -2.22. The van der Waals surface area contributed by atoms with Crippen LogP contribution in [-0.4, -0.2) is 29.2 Å². The van der Waals surface area contributed by atoms with E-state index in [1.807, 2.05) is 0 Å². The van der Waals surface area contributed by atoms with E-state index in [0.717, 1.165) is 9.37 Å². The predicted molar refractivity (Wildman–Crippen MR) is 95.0 cm³/mol. The molecule has 1 heterocycles. The molecule has 1 atom stereocenters. The number of carbonyl (C=O) groups is 3. The van der Waals surface area contributed by atoms with Gasteiger partial charge in [0.2, 0.25) is 5.91 Å². The van der Waals surface area contributed by atoms with Gasteiger partial charge in [0.1, 0.15) is 6.54 Å². The molecule has 0 aromatic heterocycles. The normalized spacial score (nSPS) is 19.0. The molecule has 0 spiro atoms. The lowest BCUT2D eigenvalue weighted by Crippen LogP contribution is -2.44. The van der Waals surface area contributed by atoms with Crippen molar-refractivity contribution < 1.29 is 19.5 Å². The summed E-state index contributed by atoms with van der Waals surface area (Å²) in [4.78, 5) is 37.7. The lowest BCUT2D eigenvalue weighted by molar-refractivity contribution is -0.136. The molecule has 128 valence electrons. The summed E-state index contributed by atoms with van der Waals surface area (Å²) >= 11 is 3.29. The molecule has 25 heavy (non-hydrogen) atoms. The average molecular weight is 403 g/mol. The average Bonchev–Trinajstić information content (AvgIpc) is 2.77. The first-order valence-electron chi connectivity index (χ1n) is 7.54. The predicted octanol–water partition coefficient (Wildman–Crippen LogP) is 1.74. The minimum Gasteiger partial charge on any atom is -0.375 e. The molecule has 0 bridgehead atoms. The summed E-state index contributed by atoms with van der Waals surface area (Å²) in [6.45, 7) is -0.357. The van der Waals surface area contributed by atoms with Crippen LogP contribution >= 0.6 is 15.9 Å². The highest BCUT2D eigenvalue weighted by Crippen LogP contribution is 2.42. The number of rotatable bonds is 5. The van der Waals surface area contributed by atoms with Crippen molar-refractivity contribution >= 4 is 39.2 Å². The monoisotopic (exact) mass is 402 g/mol. The van der Waals surface area contributed by atoms with Crippen LogP contribution in [0.5, 0.6) is 0 Å². The summed E-state index contributed by atoms with van der Waals surface area (Å²) in [5.41, 5.74) is 4.25. The number of Topliss-reactive ketones (excluding diaryl/α,β-unsaturated/α-hetero) is 1. The van der Waals surface area contributed by atoms with Gasteiger partial charge in [-0.2, -0.15) is 0 Å². The third-order valence-corrected chi connectivity index (χ3v) is 4.66. The van der Waals surface area contributed by atoms with Crippen LogP contribution in [0.15, 0.2) is 53.0 Å². The maximum atomic E-state index is 12.7. The van der Waals surface area contributed by atoms with E-state index in [4.69, 9.17) is 5.73 Å². The maximum absolute atomic E-state index is 12.7. The van der Waals surface area contributed by atoms with E-state index in [2.05, 4.69) is 15.9 Å². The highest BCUT2D eigenvalue weighted by atomic mass is 79.9. The molecular weight excluding hydrogens is 388 g/mol. The molecule has 1 aliphatic rings. The van der Waals surface area contributed by atoms with E-state index in [1.54, 1.807) is 48.5 Å². The topological polar surface area (TPSA) is 101 Å². The number of benzene rings is 2. The van der Waals surface area contributed by atoms with Gasteiger partial charge >= 0.3 is 0 Å². The molecule has 3 rings (SSSR count). The fourth-order valence-corrected chi connectivity index (χ4v) is 3.22. The van der Waals surface area contributed by atoms with Gasteiger partial charge in [0.25, 0.3) is 5.91 Å². The van der Waals surface area contributed by atoms with Crippen molar-refractivity contribution in [2.45, 2.75) is 12.0 Å². The zero-order valence-corrected chi connectivity index (χ0v) is 14.7. The van der Waals surface area contributed by atoms with Crippen LogP contribution in [0.1, 0.15) is 22.3 Å². The van der Waals surface area contributed by atoms with Gasteiger partial charge in [0, 0.05) is 15.6 Å². The number of carbonyl (C=O) groups excluding carboxylic acids is 3. The van der Waals surface area contributed by atoms with Crippen LogP contribution in [0.4, 0.5) is 5.69 Å². The van der Waals surface area contributed by atoms with Crippen LogP contribution in [-0.2, 0) is 15.2 Å². The summed E-state index contributed by atoms with van der Waals surface area (Å²) in [5, 5.41) is 11.0. The molecule has 0 unspecified atom stereocenters. The third-order valence-electron chi connectivity index (χ3n) is 4.14. The SMILES string of the molecule is NC(=O)CN1C(=O)[C@@](O)(CC(=O)c2ccc(Br)cc2)c2ccccc21. The molecule has 2 aromatic rings. The Morgan fingerprint density at radius 2 is 1.76 bits per heavy atom. The number of anilines is 1. The molecule has 0 fully saturated rings. The number of nitrogens with zero attached hydrogens (tertiary/aromatic N) is 1. The van der Waals surface area contributed by atoms with E-state index in [0.29, 0.717) is 16.8 Å². The fourth-order valence-electron chi connectivity index (χ4n) is 2.96. The van der Waals surface area contributed by atoms with E-state index in [9.17, 15) is 19.5 Å². The summed E-state index contributed by atoms with van der Waals surface area (Å²) in [7, 11) is 0. The van der Waals surface area contributed by atoms with Crippen LogP contribution in [0, 0.1) is 0 Å². The minimum atomic E-state index is -2.02. The summed E-state index contributed by atoms with van der Waals surface area (Å²) in [5.74, 6) is -1.80. The van der Waals surface area contributed by atoms with Crippen molar-refractivity contribution in [2.24, 2.45) is 5.73 Å². The van der Waals surface area contributed by atoms with Gasteiger partial charge in [-0.1, -0.05) is 46.3 Å². The molecule has 1 aliphatic heterocycles. The molecule has 0 saturated heterocycles. The first-order valence-corrected chi connectivity index (χ1v) is 8.33. The molecule has 7 heteroatoms. The van der Waals surface area contributed by atoms with E-state index < -0.39 is 23.8 Å². The Morgan fingerprint density at radius 3 is 2.40 bits per heavy atom. The van der Waals surface area contributed by atoms with Crippen LogP contribution in [0.2, 0.25) is 0 Å². The van der Waals surface area contributed by atoms with Crippen molar-refractivity contribution in [2.75, 3.05) is 11.4 Å². The molecule has 0 radical (unpaired) electrons. The molecule has 0 aliphatic carbocycles. The maximum Gasteiger partial charge on any atom is 0.264 e. The largest absolute Gasteiger partial charge is 0.375 e. The highest BCUT2D eigenvalue weighted by Gasteiger charge is 2.51. The van der Waals surface area contributed by atoms with E-state index >= 15 is 0 Å². The zero-order chi connectivity index (χ0) is 18.2. The molecular formula is C18H15BrN2O4. The van der Waals surface area contributed by atoms with Crippen molar-refractivity contribution in [1.29, 1.82) is 0 Å². The van der Waals surface area contributed by atoms with Gasteiger partial charge in [-0.05, 0) is 18.2 Å². The highest BCUT2D eigenvalue weighted by molar-refractivity contribution is 9.10. The van der Waals surface area contributed by atoms with Crippen LogP contribution in [0.25, 0.3) is 0 Å². The summed E-state index contributed by atoms with van der Waals surface area (Å²) in [6, 6.07) is 13.2. The second-order valence-corrected chi connectivity index (χ2v) is 6.76. The smallest absolute Gasteiger partial charge is 0.264 e. The van der Waals surface area contributed by atoms with Crippen molar-refractivity contribution in [3.05, 3.63) is 64.1 Å². The van der Waals surface area contributed by atoms with Crippen molar-refractivity contribution in [3.63, 3.8) is 0 Å². The number of aliphatic hydroxyl groups is 1. The van der Waals surface area contributed by atoms with Gasteiger partial charge < -0.3 is 10.8 Å². The lowest BCUT2D eigenvalue weighted by atomic mass is 9.88. The van der Waals surface area contributed by atoms with Gasteiger partial charge in [-0.25, -0.2) is 0 Å². The van der Waals surface area contributed by atoms with E-state index in [-0.39, 0.29) is 12.3 Å². The number of fused-ring (bicyclic) bond motifs is 1. The quantitative estimate of drug-likeness (QED) is 0.743. The fraction of sp³-hybridized carbons (Fsp3) is 0.167. The number of nitrogens with two attached hydrogens (primary N) is 1. The van der Waals surface area contributed by atoms with E-state index in [1.165, 1.54) is 0 Å². The van der Waals surface area contributed by atoms with Gasteiger partial charge in [0.15, 0.2) is 11.4 Å². The summed E-state index contributed by atoms with van der Waals surface area (Å²) in [6.07, 6.45) is -0.417. The van der Waals surface area contributed by atoms with Crippen molar-refractivity contribution in [1.82, 2.24) is 0 Å². The number of amides is 2. The standard InChI is InChI=1S/C18H15BrN2O4/c19-12-7-5-11(6-8-12)15(22)9-18(25)13-3-1-2-4-14(13)21(17(18)24)10-16(20)23/h1-8,25H,9-10H2,(H2,20,23)/t18-/m1/s1. The number of primary amides is 1. The Kier molecular flexibility index (Phi) is 4.45. The van der Waals surface area contributed by atoms with Crippen molar-refractivity contribution in [3.8, 4) is 0 Å². The molecule has 2 amide bonds. The molecule has 0 saturated carbocycles. The Hall–Kier alpha value is -2.51. The Morgan fingerprint density at radius 1 is 1.12 bits per heavy atom. The number of halogens is 1. The second kappa shape index (κ2) is 6.42. The number of hydrogen-bond donors (Lipinski definition) is 2. The Bertz CT molecular complexity index is 866. The minimum absolute atomic E-state index is 0.298. The van der Waals surface area contributed by atoms with Crippen LogP contribution in [0.3, 0.4) is 0 Å². The number of para-hydroxylation sites is 1. The van der Waals surface area contributed by atoms with Crippen LogP contribution < -0.4 is 10.6 Å².